The average Bonchev–Trinajstić information content (AvgIpc) is 2.87. The number of anilines is 1. The van der Waals surface area contributed by atoms with Gasteiger partial charge in [0.05, 0.1) is 25.7 Å². The third-order valence-electron chi connectivity index (χ3n) is 2.73. The van der Waals surface area contributed by atoms with Crippen LogP contribution in [0.15, 0.2) is 13.1 Å². The predicted molar refractivity (Wildman–Crippen MR) is 90.6 cm³/mol. The Balaban J connectivity index is 2.15. The monoisotopic (exact) mass is 403 g/mol. The SMILES string of the molecule is Cc1nc(NC(=O)c2c(C)oc(C)c2Br)sc1SCC(N)=O. The molecule has 0 aliphatic carbocycles. The van der Waals surface area contributed by atoms with Crippen LogP contribution in [0.25, 0.3) is 0 Å². The van der Waals surface area contributed by atoms with Crippen molar-refractivity contribution in [3.8, 4) is 0 Å². The van der Waals surface area contributed by atoms with Crippen molar-refractivity contribution < 1.29 is 14.0 Å². The number of thioether (sulfide) groups is 1. The summed E-state index contributed by atoms with van der Waals surface area (Å²) in [5.41, 5.74) is 6.34. The molecule has 6 nitrogen and oxygen atoms in total. The van der Waals surface area contributed by atoms with Crippen LogP contribution < -0.4 is 11.1 Å². The van der Waals surface area contributed by atoms with E-state index in [1.807, 2.05) is 6.92 Å². The van der Waals surface area contributed by atoms with Gasteiger partial charge in [-0.25, -0.2) is 4.98 Å². The topological polar surface area (TPSA) is 98.2 Å². The molecule has 0 radical (unpaired) electrons. The van der Waals surface area contributed by atoms with Gasteiger partial charge in [0.25, 0.3) is 5.91 Å². The number of halogens is 1. The first-order valence-electron chi connectivity index (χ1n) is 6.25. The van der Waals surface area contributed by atoms with E-state index in [1.165, 1.54) is 23.1 Å². The molecule has 2 aromatic rings. The molecule has 22 heavy (non-hydrogen) atoms. The molecule has 0 aromatic carbocycles. The van der Waals surface area contributed by atoms with Crippen LogP contribution in [0.4, 0.5) is 5.13 Å². The zero-order valence-corrected chi connectivity index (χ0v) is 15.4. The number of aromatic nitrogens is 1. The highest BCUT2D eigenvalue weighted by molar-refractivity contribution is 9.10. The summed E-state index contributed by atoms with van der Waals surface area (Å²) in [5.74, 6) is 0.689. The highest BCUT2D eigenvalue weighted by Crippen LogP contribution is 2.33. The minimum absolute atomic E-state index is 0.183. The summed E-state index contributed by atoms with van der Waals surface area (Å²) in [6.45, 7) is 5.33. The number of hydrogen-bond donors (Lipinski definition) is 2. The van der Waals surface area contributed by atoms with Gasteiger partial charge in [-0.05, 0) is 36.7 Å². The number of nitrogens with two attached hydrogens (primary N) is 1. The first-order valence-corrected chi connectivity index (χ1v) is 8.84. The Morgan fingerprint density at radius 3 is 2.59 bits per heavy atom. The number of primary amides is 1. The second-order valence-corrected chi connectivity index (χ2v) is 7.54. The maximum absolute atomic E-state index is 12.3. The molecule has 0 spiro atoms. The normalized spacial score (nSPS) is 10.7. The largest absolute Gasteiger partial charge is 0.465 e. The highest BCUT2D eigenvalue weighted by atomic mass is 79.9. The van der Waals surface area contributed by atoms with Crippen LogP contribution in [0, 0.1) is 20.8 Å². The number of rotatable bonds is 5. The van der Waals surface area contributed by atoms with Gasteiger partial charge in [0.15, 0.2) is 5.13 Å². The fraction of sp³-hybridized carbons (Fsp3) is 0.308. The maximum Gasteiger partial charge on any atom is 0.262 e. The molecule has 0 atom stereocenters. The van der Waals surface area contributed by atoms with Crippen molar-refractivity contribution in [2.75, 3.05) is 11.1 Å². The third-order valence-corrected chi connectivity index (χ3v) is 6.15. The molecular weight excluding hydrogens is 390 g/mol. The van der Waals surface area contributed by atoms with Crippen LogP contribution >= 0.6 is 39.0 Å². The molecule has 0 fully saturated rings. The van der Waals surface area contributed by atoms with Gasteiger partial charge in [0.2, 0.25) is 5.91 Å². The Labute approximate surface area is 144 Å². The number of amides is 2. The zero-order valence-electron chi connectivity index (χ0n) is 12.2. The van der Waals surface area contributed by atoms with Crippen molar-refractivity contribution >= 4 is 56.0 Å². The van der Waals surface area contributed by atoms with E-state index in [2.05, 4.69) is 26.2 Å². The van der Waals surface area contributed by atoms with Gasteiger partial charge in [-0.1, -0.05) is 11.3 Å². The summed E-state index contributed by atoms with van der Waals surface area (Å²) in [6.07, 6.45) is 0. The second-order valence-electron chi connectivity index (χ2n) is 4.50. The molecule has 3 N–H and O–H groups in total. The Bertz CT molecular complexity index is 739. The number of thiazole rings is 1. The van der Waals surface area contributed by atoms with Gasteiger partial charge in [-0.2, -0.15) is 0 Å². The van der Waals surface area contributed by atoms with Crippen LogP contribution in [0.2, 0.25) is 0 Å². The molecule has 2 rings (SSSR count). The number of hydrogen-bond acceptors (Lipinski definition) is 6. The summed E-state index contributed by atoms with van der Waals surface area (Å²) in [6, 6.07) is 0. The fourth-order valence-corrected chi connectivity index (χ4v) is 4.19. The number of carbonyl (C=O) groups is 2. The number of furan rings is 1. The lowest BCUT2D eigenvalue weighted by atomic mass is 10.2. The van der Waals surface area contributed by atoms with Crippen molar-refractivity contribution in [1.82, 2.24) is 4.98 Å². The van der Waals surface area contributed by atoms with Crippen molar-refractivity contribution in [3.63, 3.8) is 0 Å². The first-order chi connectivity index (χ1) is 10.3. The lowest BCUT2D eigenvalue weighted by Gasteiger charge is -2.00. The Morgan fingerprint density at radius 1 is 1.36 bits per heavy atom. The first kappa shape index (κ1) is 17.0. The standard InChI is InChI=1S/C13H14BrN3O3S2/c1-5-12(21-4-8(15)18)22-13(16-5)17-11(19)9-6(2)20-7(3)10(9)14/h4H2,1-3H3,(H2,15,18)(H,16,17,19). The molecule has 2 heterocycles. The molecule has 0 aliphatic heterocycles. The molecule has 9 heteroatoms. The number of nitrogens with zero attached hydrogens (tertiary/aromatic N) is 1. The van der Waals surface area contributed by atoms with Crippen molar-refractivity contribution in [2.45, 2.75) is 25.0 Å². The van der Waals surface area contributed by atoms with E-state index in [-0.39, 0.29) is 11.7 Å². The van der Waals surface area contributed by atoms with Crippen LogP contribution in [0.3, 0.4) is 0 Å². The summed E-state index contributed by atoms with van der Waals surface area (Å²) < 4.78 is 6.91. The van der Waals surface area contributed by atoms with Gasteiger partial charge in [0, 0.05) is 0 Å². The van der Waals surface area contributed by atoms with E-state index in [0.29, 0.717) is 26.7 Å². The van der Waals surface area contributed by atoms with Gasteiger partial charge >= 0.3 is 0 Å². The second kappa shape index (κ2) is 6.84. The van der Waals surface area contributed by atoms with E-state index >= 15 is 0 Å². The zero-order chi connectivity index (χ0) is 16.4. The minimum atomic E-state index is -0.392. The van der Waals surface area contributed by atoms with Crippen LogP contribution in [0.5, 0.6) is 0 Å². The summed E-state index contributed by atoms with van der Waals surface area (Å²) in [5, 5.41) is 3.22. The molecule has 0 bridgehead atoms. The molecule has 118 valence electrons. The van der Waals surface area contributed by atoms with E-state index in [1.54, 1.807) is 13.8 Å². The van der Waals surface area contributed by atoms with Crippen LogP contribution in [-0.2, 0) is 4.79 Å². The van der Waals surface area contributed by atoms with Crippen molar-refractivity contribution in [2.24, 2.45) is 5.73 Å². The number of carbonyl (C=O) groups excluding carboxylic acids is 2. The van der Waals surface area contributed by atoms with E-state index in [9.17, 15) is 9.59 Å². The molecule has 2 amide bonds. The summed E-state index contributed by atoms with van der Waals surface area (Å²) >= 11 is 5.97. The van der Waals surface area contributed by atoms with Crippen LogP contribution in [-0.4, -0.2) is 22.6 Å². The quantitative estimate of drug-likeness (QED) is 0.746. The molecule has 2 aromatic heterocycles. The van der Waals surface area contributed by atoms with Crippen molar-refractivity contribution in [3.05, 3.63) is 27.3 Å². The lowest BCUT2D eigenvalue weighted by molar-refractivity contribution is -0.115. The van der Waals surface area contributed by atoms with E-state index in [4.69, 9.17) is 10.2 Å². The minimum Gasteiger partial charge on any atom is -0.465 e. The Hall–Kier alpha value is -1.32. The predicted octanol–water partition coefficient (Wildman–Crippen LogP) is 3.25. The smallest absolute Gasteiger partial charge is 0.262 e. The van der Waals surface area contributed by atoms with Gasteiger partial charge in [0.1, 0.15) is 11.5 Å². The van der Waals surface area contributed by atoms with Gasteiger partial charge in [-0.3, -0.25) is 14.9 Å². The molecule has 0 unspecified atom stereocenters. The third kappa shape index (κ3) is 3.71. The van der Waals surface area contributed by atoms with Crippen LogP contribution in [0.1, 0.15) is 27.6 Å². The summed E-state index contributed by atoms with van der Waals surface area (Å²) in [7, 11) is 0. The molecule has 0 aliphatic rings. The fourth-order valence-electron chi connectivity index (χ4n) is 1.78. The van der Waals surface area contributed by atoms with Gasteiger partial charge in [-0.15, -0.1) is 11.8 Å². The number of aryl methyl sites for hydroxylation is 3. The lowest BCUT2D eigenvalue weighted by Crippen LogP contribution is -2.12. The van der Waals surface area contributed by atoms with E-state index in [0.717, 1.165) is 9.90 Å². The highest BCUT2D eigenvalue weighted by Gasteiger charge is 2.21. The average molecular weight is 404 g/mol. The molecule has 0 saturated heterocycles. The molecule has 0 saturated carbocycles. The molecular formula is C13H14BrN3O3S2. The van der Waals surface area contributed by atoms with Crippen molar-refractivity contribution in [1.29, 1.82) is 0 Å². The summed E-state index contributed by atoms with van der Waals surface area (Å²) in [4.78, 5) is 27.5. The Morgan fingerprint density at radius 2 is 2.05 bits per heavy atom. The van der Waals surface area contributed by atoms with Gasteiger partial charge < -0.3 is 10.2 Å². The maximum atomic E-state index is 12.3. The van der Waals surface area contributed by atoms with E-state index < -0.39 is 5.91 Å². The number of nitrogens with one attached hydrogen (secondary N) is 1. The Kier molecular flexibility index (Phi) is 5.30.